The number of anilines is 11. The minimum atomic E-state index is -1.10. The zero-order valence-electron chi connectivity index (χ0n) is 107. The number of nitrogens with one attached hydrogen (secondary N) is 1. The molecule has 1 N–H and O–H groups in total. The van der Waals surface area contributed by atoms with Gasteiger partial charge < -0.3 is 20.0 Å². The van der Waals surface area contributed by atoms with Crippen LogP contribution in [0.25, 0.3) is 42.4 Å². The zero-order valence-corrected chi connectivity index (χ0v) is 69.5. The second kappa shape index (κ2) is 31.8. The van der Waals surface area contributed by atoms with E-state index in [1.165, 1.54) is 41.3 Å². The lowest BCUT2D eigenvalue weighted by atomic mass is 9.63. The molecule has 16 rings (SSSR count). The molecule has 12 aromatic carbocycles. The molecule has 2 aliphatic carbocycles. The summed E-state index contributed by atoms with van der Waals surface area (Å²) in [4.78, 5) is 3.40. The van der Waals surface area contributed by atoms with Gasteiger partial charge in [0.25, 0.3) is 0 Å². The van der Waals surface area contributed by atoms with Crippen LogP contribution in [0.3, 0.4) is 0 Å². The van der Waals surface area contributed by atoms with Gasteiger partial charge in [0.05, 0.1) is 79.0 Å². The van der Waals surface area contributed by atoms with Crippen LogP contribution in [0.5, 0.6) is 0 Å². The summed E-state index contributed by atoms with van der Waals surface area (Å²) in [6.07, 6.45) is 2.49. The number of rotatable bonds is 13. The van der Waals surface area contributed by atoms with E-state index in [4.69, 9.17) is 67.7 Å². The molecule has 0 saturated carbocycles. The van der Waals surface area contributed by atoms with Crippen molar-refractivity contribution in [2.45, 2.75) is 181 Å². The van der Waals surface area contributed by atoms with Gasteiger partial charge >= 0.3 is 0 Å². The Hall–Kier alpha value is -9.37. The number of hydrogen-bond acceptors (Lipinski definition) is 6. The predicted molar refractivity (Wildman–Crippen MR) is 496 cm³/mol. The van der Waals surface area contributed by atoms with Gasteiger partial charge in [-0.25, -0.2) is 0 Å². The number of benzene rings is 12. The van der Waals surface area contributed by atoms with Crippen LogP contribution in [-0.4, -0.2) is 0 Å². The van der Waals surface area contributed by atoms with Crippen LogP contribution in [0.1, 0.15) is 239 Å². The molecule has 0 radical (unpaired) electrons. The van der Waals surface area contributed by atoms with Crippen LogP contribution >= 0.6 is 57.5 Å². The van der Waals surface area contributed by atoms with Gasteiger partial charge in [0, 0.05) is 96.9 Å². The molecule has 0 bridgehead atoms. The molecule has 0 saturated heterocycles. The predicted octanol–water partition coefficient (Wildman–Crippen LogP) is 33.5. The average molecular weight is 1620 g/mol. The molecule has 0 aliphatic heterocycles. The lowest BCUT2D eigenvalue weighted by molar-refractivity contribution is 0.332. The van der Waals surface area contributed by atoms with Gasteiger partial charge in [-0.1, -0.05) is 304 Å². The van der Waals surface area contributed by atoms with Crippen molar-refractivity contribution in [1.29, 1.82) is 0 Å². The summed E-state index contributed by atoms with van der Waals surface area (Å²) < 4.78 is 367. The van der Waals surface area contributed by atoms with Crippen molar-refractivity contribution in [1.82, 2.24) is 0 Å². The normalized spacial score (nSPS) is 19.8. The maximum absolute atomic E-state index is 10.3. The van der Waals surface area contributed by atoms with Crippen LogP contribution in [-0.2, 0) is 37.9 Å². The van der Waals surface area contributed by atoms with Gasteiger partial charge in [-0.2, -0.15) is 0 Å². The molecule has 2 aliphatic rings. The topological polar surface area (TPSA) is 21.8 Å². The Labute approximate surface area is 753 Å². The molecule has 0 unspecified atom stereocenters. The van der Waals surface area contributed by atoms with E-state index in [1.54, 1.807) is 62.3 Å². The van der Waals surface area contributed by atoms with Gasteiger partial charge in [0.1, 0.15) is 0 Å². The summed E-state index contributed by atoms with van der Waals surface area (Å²) >= 11 is 21.7. The first-order valence-corrected chi connectivity index (χ1v) is 39.3. The third-order valence-electron chi connectivity index (χ3n) is 19.9. The molecule has 576 valence electrons. The second-order valence-corrected chi connectivity index (χ2v) is 36.3. The number of thiophene rings is 2. The molecule has 0 amide bonds. The Morgan fingerprint density at radius 3 is 1.14 bits per heavy atom. The first-order valence-electron chi connectivity index (χ1n) is 57.0. The molecule has 14 aromatic rings. The van der Waals surface area contributed by atoms with E-state index in [0.29, 0.717) is 52.9 Å². The van der Waals surface area contributed by atoms with Crippen molar-refractivity contribution in [3.63, 3.8) is 0 Å². The summed E-state index contributed by atoms with van der Waals surface area (Å²) in [6, 6.07) is -12.7. The zero-order chi connectivity index (χ0) is 116. The Morgan fingerprint density at radius 2 is 0.690 bits per heavy atom. The van der Waals surface area contributed by atoms with E-state index in [9.17, 15) is 23.3 Å². The number of halogens is 3. The van der Waals surface area contributed by atoms with E-state index in [1.807, 2.05) is 55.4 Å². The largest absolute Gasteiger partial charge is 0.354 e. The summed E-state index contributed by atoms with van der Waals surface area (Å²) in [5.41, 5.74) is -7.72. The van der Waals surface area contributed by atoms with E-state index in [0.717, 1.165) is 27.6 Å². The Balaban J connectivity index is 0.000000201. The highest BCUT2D eigenvalue weighted by Crippen LogP contribution is 2.54. The summed E-state index contributed by atoms with van der Waals surface area (Å²) in [5.74, 6) is 0. The summed E-state index contributed by atoms with van der Waals surface area (Å²) in [7, 11) is 0. The third-order valence-corrected chi connectivity index (χ3v) is 22.2. The Bertz CT molecular complexity index is 8210. The van der Waals surface area contributed by atoms with Gasteiger partial charge in [0.15, 0.2) is 0 Å². The summed E-state index contributed by atoms with van der Waals surface area (Å²) in [6.45, 7) is 31.1. The van der Waals surface area contributed by atoms with Crippen molar-refractivity contribution in [3.8, 4) is 22.3 Å². The van der Waals surface area contributed by atoms with E-state index >= 15 is 0 Å². The van der Waals surface area contributed by atoms with Gasteiger partial charge in [-0.05, 0) is 235 Å². The monoisotopic (exact) mass is 1620 g/mol. The fourth-order valence-corrected chi connectivity index (χ4v) is 15.5. The first-order chi connectivity index (χ1) is 70.7. The van der Waals surface area contributed by atoms with Crippen molar-refractivity contribution in [2.24, 2.45) is 0 Å². The lowest BCUT2D eigenvalue weighted by Gasteiger charge is -2.42. The molecular formula is C104H107Cl3N4S2. The molecule has 0 atom stereocenters. The lowest BCUT2D eigenvalue weighted by Crippen LogP contribution is -2.34. The van der Waals surface area contributed by atoms with Crippen molar-refractivity contribution < 1.29 is 56.2 Å². The molecule has 2 aromatic heterocycles. The van der Waals surface area contributed by atoms with Crippen molar-refractivity contribution in [3.05, 3.63) is 337 Å². The fraction of sp³-hybridized carbons (Fsp3) is 0.269. The van der Waals surface area contributed by atoms with Crippen LogP contribution in [0.15, 0.2) is 283 Å². The van der Waals surface area contributed by atoms with Crippen LogP contribution in [0, 0.1) is 0 Å². The minimum Gasteiger partial charge on any atom is -0.354 e. The average Bonchev–Trinajstić information content (AvgIpc) is 0.770. The SMILES string of the molecule is [2H]c1c([2H])c([2H])c(-c2c([2H])c(C(C)(C)C)c([2H])c([2H])c2N(c2cc(Cl)cc(Cl)c2)c2c([2H])c([2H])c3c(c2[2H])C(C)(C)CCC3(C)C)c([2H])c1[2H].[2H]c1sc2c([2H])c([2H])c([2H])c([2H])c2c1N(c1cc(Cl)cc(N(c2c([2H])c([2H])c3c(c2[2H])C(C)(C)CCC3(C)C)c2c([2H])c([2H])c(C(C)(C)C)c([2H])c2-c2c([2H])c([2H])c([2H])c([2H])c2[2H])c1)c1c([2H])c([2H])c([2H])c([2H])c1[2H].[2H]c1sc2c([2H])c([2H])c([2H])c([2H])c2c1Nc1c([2H])c([2H])c(C(C)(C)C)c([2H])c1[2H]. The third kappa shape index (κ3) is 17.4. The number of fused-ring (bicyclic) bond motifs is 4. The molecular weight excluding hydrogens is 1480 g/mol. The number of nitrogens with zero attached hydrogens (tertiary/aromatic N) is 3. The Kier molecular flexibility index (Phi) is 12.4. The highest BCUT2D eigenvalue weighted by atomic mass is 35.5. The molecule has 0 fully saturated rings. The number of hydrogen-bond donors (Lipinski definition) is 1. The van der Waals surface area contributed by atoms with Crippen molar-refractivity contribution >= 4 is 140 Å². The summed E-state index contributed by atoms with van der Waals surface area (Å²) in [5, 5.41) is 2.14. The fourth-order valence-electron chi connectivity index (χ4n) is 13.3. The standard InChI is InChI=1S/C50H49ClN2S.C36H39Cl2N.C18H19NS/c1-48(2,3)35-22-25-45(42(28-35)34-16-10-8-11-17-34)53(38-23-24-43-44(32-38)50(6,7)27-26-49(43,4)5)40-30-36(51)29-39(31-40)52(37-18-12-9-13-19-37)46-33-54-47-21-15-14-20-41(46)47;1-34(2,3)25-13-16-33(30(19-25)24-11-9-8-10-12-24)39(29-21-26(37)20-27(38)22-29)28-14-15-31-32(23-28)36(6,7)18-17-35(31,4)5;1-18(2,3)13-8-10-14(11-9-13)19-16-12-20-17-7-5-4-6-15(16)17/h8-25,28-33H,26-27H2,1-7H3;8-16,19-23H,17-18H2,1-7H3;4-12,19H,1-3H3/i8D,9D,10D,11D,12D,13D,14D,15D,16D,17D,18D,19D,20D,21D,22D,23D,24D,25D,28D,32D,33D;8D,9D,10D,11D,12D,13D,14D,15D,16D,19D,23D;4D,5D,6D,7D,8D,9D,10D,11D,12D. The molecule has 0 spiro atoms. The minimum absolute atomic E-state index is 0.0429. The molecule has 4 nitrogen and oxygen atoms in total. The van der Waals surface area contributed by atoms with Gasteiger partial charge in [-0.3, -0.25) is 0 Å². The van der Waals surface area contributed by atoms with E-state index in [2.05, 4.69) is 5.32 Å². The maximum atomic E-state index is 10.3. The van der Waals surface area contributed by atoms with Gasteiger partial charge in [0.2, 0.25) is 0 Å². The van der Waals surface area contributed by atoms with Gasteiger partial charge in [-0.15, -0.1) is 22.7 Å². The Morgan fingerprint density at radius 1 is 0.327 bits per heavy atom. The van der Waals surface area contributed by atoms with Crippen LogP contribution in [0.2, 0.25) is 15.1 Å². The smallest absolute Gasteiger partial charge is 0.0762 e. The van der Waals surface area contributed by atoms with Crippen LogP contribution in [0.4, 0.5) is 62.6 Å². The number of para-hydroxylation sites is 1. The maximum Gasteiger partial charge on any atom is 0.0762 e. The molecule has 9 heteroatoms. The van der Waals surface area contributed by atoms with Crippen LogP contribution < -0.4 is 20.0 Å². The molecule has 2 heterocycles. The highest BCUT2D eigenvalue weighted by molar-refractivity contribution is 7.18. The first kappa shape index (κ1) is 43.9. The van der Waals surface area contributed by atoms with E-state index < -0.39 is 229 Å². The second-order valence-electron chi connectivity index (χ2n) is 33.4. The highest BCUT2D eigenvalue weighted by Gasteiger charge is 2.40. The molecule has 113 heavy (non-hydrogen) atoms. The van der Waals surface area contributed by atoms with Crippen molar-refractivity contribution in [2.75, 3.05) is 20.0 Å². The quantitative estimate of drug-likeness (QED) is 0.124. The van der Waals surface area contributed by atoms with E-state index in [-0.39, 0.29) is 192 Å².